The van der Waals surface area contributed by atoms with Crippen LogP contribution in [0, 0.1) is 5.92 Å². The summed E-state index contributed by atoms with van der Waals surface area (Å²) in [5.41, 5.74) is 1.04. The number of carbonyl (C=O) groups is 1. The van der Waals surface area contributed by atoms with Crippen molar-refractivity contribution >= 4 is 30.0 Å². The minimum atomic E-state index is -0.736. The van der Waals surface area contributed by atoms with Gasteiger partial charge in [-0.05, 0) is 17.7 Å². The van der Waals surface area contributed by atoms with Crippen LogP contribution in [-0.2, 0) is 4.79 Å². The number of carboxylic acids is 1. The molecule has 0 spiro atoms. The summed E-state index contributed by atoms with van der Waals surface area (Å²) in [4.78, 5) is 11.0. The van der Waals surface area contributed by atoms with Crippen molar-refractivity contribution in [3.8, 4) is 0 Å². The van der Waals surface area contributed by atoms with E-state index in [-0.39, 0.29) is 24.2 Å². The molecule has 16 heavy (non-hydrogen) atoms. The van der Waals surface area contributed by atoms with E-state index in [1.165, 1.54) is 0 Å². The maximum Gasteiger partial charge on any atom is 0.308 e. The molecule has 1 aromatic rings. The van der Waals surface area contributed by atoms with Crippen molar-refractivity contribution in [3.05, 3.63) is 34.9 Å². The van der Waals surface area contributed by atoms with Crippen LogP contribution in [0.5, 0.6) is 0 Å². The summed E-state index contributed by atoms with van der Waals surface area (Å²) in [6.45, 7) is 1.27. The van der Waals surface area contributed by atoms with Crippen LogP contribution >= 0.6 is 24.0 Å². The van der Waals surface area contributed by atoms with Crippen LogP contribution in [0.1, 0.15) is 11.5 Å². The van der Waals surface area contributed by atoms with Crippen molar-refractivity contribution < 1.29 is 9.90 Å². The van der Waals surface area contributed by atoms with Crippen molar-refractivity contribution in [1.29, 1.82) is 0 Å². The quantitative estimate of drug-likeness (QED) is 0.858. The number of nitrogens with one attached hydrogen (secondary N) is 1. The van der Waals surface area contributed by atoms with Gasteiger partial charge in [0, 0.05) is 24.0 Å². The number of benzene rings is 1. The van der Waals surface area contributed by atoms with Crippen LogP contribution in [0.2, 0.25) is 5.02 Å². The third-order valence-corrected chi connectivity index (χ3v) is 3.08. The summed E-state index contributed by atoms with van der Waals surface area (Å²) in [6, 6.07) is 7.40. The molecule has 1 aromatic carbocycles. The Balaban J connectivity index is 0.00000128. The largest absolute Gasteiger partial charge is 0.481 e. The van der Waals surface area contributed by atoms with Crippen molar-refractivity contribution in [3.63, 3.8) is 0 Å². The second-order valence-corrected chi connectivity index (χ2v) is 4.20. The Morgan fingerprint density at radius 3 is 2.50 bits per heavy atom. The zero-order chi connectivity index (χ0) is 10.8. The van der Waals surface area contributed by atoms with E-state index in [0.29, 0.717) is 11.6 Å². The molecule has 0 aromatic heterocycles. The predicted octanol–water partition coefficient (Wildman–Crippen LogP) is 2.15. The van der Waals surface area contributed by atoms with Gasteiger partial charge in [0.25, 0.3) is 0 Å². The Morgan fingerprint density at radius 2 is 1.94 bits per heavy atom. The zero-order valence-electron chi connectivity index (χ0n) is 8.52. The first kappa shape index (κ1) is 13.3. The lowest BCUT2D eigenvalue weighted by atomic mass is 9.89. The fraction of sp³-hybridized carbons (Fsp3) is 0.364. The molecular formula is C11H13Cl2NO2. The van der Waals surface area contributed by atoms with Crippen LogP contribution < -0.4 is 5.32 Å². The summed E-state index contributed by atoms with van der Waals surface area (Å²) in [5.74, 6) is -1.01. The molecule has 1 saturated heterocycles. The third-order valence-electron chi connectivity index (χ3n) is 2.83. The van der Waals surface area contributed by atoms with Gasteiger partial charge in [-0.25, -0.2) is 0 Å². The topological polar surface area (TPSA) is 49.3 Å². The lowest BCUT2D eigenvalue weighted by Crippen LogP contribution is -2.20. The van der Waals surface area contributed by atoms with Gasteiger partial charge in [-0.3, -0.25) is 4.79 Å². The lowest BCUT2D eigenvalue weighted by Gasteiger charge is -2.14. The molecule has 1 aliphatic rings. The highest BCUT2D eigenvalue weighted by Crippen LogP contribution is 2.28. The van der Waals surface area contributed by atoms with Crippen LogP contribution in [0.25, 0.3) is 0 Å². The van der Waals surface area contributed by atoms with E-state index in [2.05, 4.69) is 5.32 Å². The molecule has 2 rings (SSSR count). The maximum absolute atomic E-state index is 11.0. The van der Waals surface area contributed by atoms with Gasteiger partial charge in [-0.1, -0.05) is 23.7 Å². The summed E-state index contributed by atoms with van der Waals surface area (Å²) in [6.07, 6.45) is 0. The molecule has 0 saturated carbocycles. The Hall–Kier alpha value is -0.770. The van der Waals surface area contributed by atoms with Gasteiger partial charge in [-0.15, -0.1) is 12.4 Å². The van der Waals surface area contributed by atoms with Gasteiger partial charge in [0.2, 0.25) is 0 Å². The molecule has 1 heterocycles. The van der Waals surface area contributed by atoms with Gasteiger partial charge in [-0.2, -0.15) is 0 Å². The molecule has 88 valence electrons. The average Bonchev–Trinajstić information content (AvgIpc) is 2.67. The molecule has 0 amide bonds. The molecule has 0 bridgehead atoms. The highest BCUT2D eigenvalue weighted by molar-refractivity contribution is 6.30. The molecule has 3 nitrogen and oxygen atoms in total. The smallest absolute Gasteiger partial charge is 0.308 e. The van der Waals surface area contributed by atoms with Crippen molar-refractivity contribution in [2.24, 2.45) is 5.92 Å². The Labute approximate surface area is 105 Å². The molecule has 5 heteroatoms. The van der Waals surface area contributed by atoms with E-state index in [1.807, 2.05) is 12.1 Å². The molecule has 0 radical (unpaired) electrons. The van der Waals surface area contributed by atoms with E-state index in [1.54, 1.807) is 12.1 Å². The van der Waals surface area contributed by atoms with E-state index >= 15 is 0 Å². The second-order valence-electron chi connectivity index (χ2n) is 3.76. The predicted molar refractivity (Wildman–Crippen MR) is 65.4 cm³/mol. The Morgan fingerprint density at radius 1 is 1.31 bits per heavy atom. The first-order valence-corrected chi connectivity index (χ1v) is 5.25. The SMILES string of the molecule is Cl.O=C(O)[C@H]1CNC[C@@H]1c1ccc(Cl)cc1. The summed E-state index contributed by atoms with van der Waals surface area (Å²) in [5, 5.41) is 12.8. The monoisotopic (exact) mass is 261 g/mol. The number of hydrogen-bond acceptors (Lipinski definition) is 2. The standard InChI is InChI=1S/C11H12ClNO2.ClH/c12-8-3-1-7(2-4-8)9-5-13-6-10(9)11(14)15;/h1-4,9-10,13H,5-6H2,(H,14,15);1H/t9-,10+;/m1./s1. The molecule has 1 aliphatic heterocycles. The van der Waals surface area contributed by atoms with Gasteiger partial charge in [0.05, 0.1) is 5.92 Å². The molecule has 0 unspecified atom stereocenters. The van der Waals surface area contributed by atoms with Crippen molar-refractivity contribution in [1.82, 2.24) is 5.32 Å². The van der Waals surface area contributed by atoms with Gasteiger partial charge >= 0.3 is 5.97 Å². The number of hydrogen-bond donors (Lipinski definition) is 2. The number of halogens is 2. The molecule has 0 aliphatic carbocycles. The minimum absolute atomic E-state index is 0. The highest BCUT2D eigenvalue weighted by atomic mass is 35.5. The normalized spacial score (nSPS) is 23.8. The van der Waals surface area contributed by atoms with Crippen LogP contribution in [0.15, 0.2) is 24.3 Å². The zero-order valence-corrected chi connectivity index (χ0v) is 10.1. The van der Waals surface area contributed by atoms with E-state index in [4.69, 9.17) is 16.7 Å². The first-order valence-electron chi connectivity index (χ1n) is 4.87. The highest BCUT2D eigenvalue weighted by Gasteiger charge is 2.33. The Bertz CT molecular complexity index is 367. The molecule has 2 atom stereocenters. The fourth-order valence-corrected chi connectivity index (χ4v) is 2.12. The first-order chi connectivity index (χ1) is 7.18. The maximum atomic E-state index is 11.0. The molecule has 2 N–H and O–H groups in total. The van der Waals surface area contributed by atoms with Crippen LogP contribution in [0.3, 0.4) is 0 Å². The van der Waals surface area contributed by atoms with Gasteiger partial charge in [0.1, 0.15) is 0 Å². The number of rotatable bonds is 2. The Kier molecular flexibility index (Phi) is 4.59. The number of aliphatic carboxylic acids is 1. The van der Waals surface area contributed by atoms with E-state index in [0.717, 1.165) is 12.1 Å². The van der Waals surface area contributed by atoms with Crippen LogP contribution in [0.4, 0.5) is 0 Å². The third kappa shape index (κ3) is 2.67. The molecule has 1 fully saturated rings. The summed E-state index contributed by atoms with van der Waals surface area (Å²) < 4.78 is 0. The molecular weight excluding hydrogens is 249 g/mol. The summed E-state index contributed by atoms with van der Waals surface area (Å²) in [7, 11) is 0. The minimum Gasteiger partial charge on any atom is -0.481 e. The van der Waals surface area contributed by atoms with Gasteiger partial charge in [0.15, 0.2) is 0 Å². The summed E-state index contributed by atoms with van der Waals surface area (Å²) >= 11 is 5.79. The van der Waals surface area contributed by atoms with E-state index < -0.39 is 5.97 Å². The second kappa shape index (κ2) is 5.53. The van der Waals surface area contributed by atoms with E-state index in [9.17, 15) is 4.79 Å². The van der Waals surface area contributed by atoms with Crippen molar-refractivity contribution in [2.45, 2.75) is 5.92 Å². The van der Waals surface area contributed by atoms with Crippen molar-refractivity contribution in [2.75, 3.05) is 13.1 Å². The lowest BCUT2D eigenvalue weighted by molar-refractivity contribution is -0.141. The number of carboxylic acid groups (broad SMARTS) is 1. The fourth-order valence-electron chi connectivity index (χ4n) is 2.00. The van der Waals surface area contributed by atoms with Crippen LogP contribution in [-0.4, -0.2) is 24.2 Å². The van der Waals surface area contributed by atoms with Gasteiger partial charge < -0.3 is 10.4 Å². The average molecular weight is 262 g/mol.